The summed E-state index contributed by atoms with van der Waals surface area (Å²) in [5.41, 5.74) is 5.34. The largest absolute Gasteiger partial charge is 0.472 e. The van der Waals surface area contributed by atoms with Gasteiger partial charge in [0.05, 0.1) is 13.2 Å². The van der Waals surface area contributed by atoms with Crippen LogP contribution in [-0.2, 0) is 32.7 Å². The maximum atomic E-state index is 12.6. The molecule has 0 bridgehead atoms. The number of esters is 2. The second-order valence-electron chi connectivity index (χ2n) is 14.2. The SMILES string of the molecule is CC/C=C\C/C=C\C/C=C\CCCCCCCC(=O)OC[C@H](COP(=O)(O)OCCN)OC(=O)CCCCCCCCCCCCCCCCCCC. The van der Waals surface area contributed by atoms with Crippen LogP contribution in [0.3, 0.4) is 0 Å². The Hall–Kier alpha value is -1.77. The first-order chi connectivity index (χ1) is 25.8. The molecule has 0 aliphatic heterocycles. The molecule has 2 atom stereocenters. The number of hydrogen-bond donors (Lipinski definition) is 2. The van der Waals surface area contributed by atoms with Gasteiger partial charge in [-0.1, -0.05) is 172 Å². The number of allylic oxidation sites excluding steroid dienone is 6. The Labute approximate surface area is 324 Å². The van der Waals surface area contributed by atoms with Crippen LogP contribution < -0.4 is 5.73 Å². The molecule has 9 nitrogen and oxygen atoms in total. The van der Waals surface area contributed by atoms with Crippen LogP contribution in [0.15, 0.2) is 36.5 Å². The van der Waals surface area contributed by atoms with Gasteiger partial charge in [-0.25, -0.2) is 4.57 Å². The molecule has 0 spiro atoms. The summed E-state index contributed by atoms with van der Waals surface area (Å²) < 4.78 is 32.8. The van der Waals surface area contributed by atoms with Gasteiger partial charge in [0.15, 0.2) is 6.10 Å². The van der Waals surface area contributed by atoms with Crippen LogP contribution in [0.25, 0.3) is 0 Å². The van der Waals surface area contributed by atoms with Gasteiger partial charge in [0.1, 0.15) is 6.61 Å². The standard InChI is InChI=1S/C43H80NO8P/c1-3-5-7-9-11-13-15-17-19-20-22-24-26-28-30-32-34-36-43(46)52-41(40-51-53(47,48)50-38-37-44)39-49-42(45)35-33-31-29-27-25-23-21-18-16-14-12-10-8-6-4-2/h6,8,12,14,18,21,41H,3-5,7,9-11,13,15-17,19-20,22-40,44H2,1-2H3,(H,47,48)/b8-6-,14-12-,21-18-/t41-/m1/s1. The summed E-state index contributed by atoms with van der Waals surface area (Å²) in [5.74, 6) is -0.843. The van der Waals surface area contributed by atoms with E-state index in [4.69, 9.17) is 24.3 Å². The molecule has 0 aliphatic carbocycles. The normalized spacial score (nSPS) is 13.7. The Balaban J connectivity index is 4.16. The molecule has 0 aromatic rings. The van der Waals surface area contributed by atoms with Crippen LogP contribution in [0, 0.1) is 0 Å². The molecule has 0 aromatic heterocycles. The molecule has 0 aromatic carbocycles. The predicted octanol–water partition coefficient (Wildman–Crippen LogP) is 12.2. The van der Waals surface area contributed by atoms with E-state index in [1.165, 1.54) is 89.9 Å². The summed E-state index contributed by atoms with van der Waals surface area (Å²) in [5, 5.41) is 0. The minimum Gasteiger partial charge on any atom is -0.462 e. The van der Waals surface area contributed by atoms with Crippen molar-refractivity contribution in [3.05, 3.63) is 36.5 Å². The van der Waals surface area contributed by atoms with E-state index in [9.17, 15) is 19.0 Å². The highest BCUT2D eigenvalue weighted by Crippen LogP contribution is 2.43. The second kappa shape index (κ2) is 39.9. The van der Waals surface area contributed by atoms with Crippen molar-refractivity contribution in [3.8, 4) is 0 Å². The molecule has 0 radical (unpaired) electrons. The molecule has 0 amide bonds. The smallest absolute Gasteiger partial charge is 0.462 e. The molecule has 310 valence electrons. The maximum absolute atomic E-state index is 12.6. The summed E-state index contributed by atoms with van der Waals surface area (Å²) in [6.07, 6.45) is 43.1. The topological polar surface area (TPSA) is 134 Å². The van der Waals surface area contributed by atoms with Crippen molar-refractivity contribution in [2.75, 3.05) is 26.4 Å². The third kappa shape index (κ3) is 39.7. The summed E-state index contributed by atoms with van der Waals surface area (Å²) in [6, 6.07) is 0. The maximum Gasteiger partial charge on any atom is 0.472 e. The minimum atomic E-state index is -4.38. The average molecular weight is 770 g/mol. The molecule has 0 rings (SSSR count). The van der Waals surface area contributed by atoms with Crippen molar-refractivity contribution in [1.82, 2.24) is 0 Å². The van der Waals surface area contributed by atoms with Crippen LogP contribution >= 0.6 is 7.82 Å². The number of hydrogen-bond acceptors (Lipinski definition) is 8. The van der Waals surface area contributed by atoms with Crippen molar-refractivity contribution in [2.45, 2.75) is 200 Å². The van der Waals surface area contributed by atoms with Gasteiger partial charge in [-0.15, -0.1) is 0 Å². The second-order valence-corrected chi connectivity index (χ2v) is 15.6. The number of carbonyl (C=O) groups excluding carboxylic acids is 2. The Kier molecular flexibility index (Phi) is 38.6. The molecule has 53 heavy (non-hydrogen) atoms. The lowest BCUT2D eigenvalue weighted by Crippen LogP contribution is -2.29. The minimum absolute atomic E-state index is 0.0514. The summed E-state index contributed by atoms with van der Waals surface area (Å²) in [7, 11) is -4.38. The zero-order chi connectivity index (χ0) is 38.9. The van der Waals surface area contributed by atoms with E-state index < -0.39 is 32.5 Å². The number of ether oxygens (including phenoxy) is 2. The van der Waals surface area contributed by atoms with E-state index in [1.807, 2.05) is 0 Å². The van der Waals surface area contributed by atoms with E-state index in [1.54, 1.807) is 0 Å². The van der Waals surface area contributed by atoms with Gasteiger partial charge in [0, 0.05) is 19.4 Å². The first kappa shape index (κ1) is 51.2. The van der Waals surface area contributed by atoms with Gasteiger partial charge < -0.3 is 20.1 Å². The molecule has 0 saturated heterocycles. The number of phosphoric acid groups is 1. The number of unbranched alkanes of at least 4 members (excludes halogenated alkanes) is 21. The van der Waals surface area contributed by atoms with E-state index >= 15 is 0 Å². The molecule has 10 heteroatoms. The van der Waals surface area contributed by atoms with E-state index in [-0.39, 0.29) is 32.6 Å². The highest BCUT2D eigenvalue weighted by atomic mass is 31.2. The monoisotopic (exact) mass is 770 g/mol. The fourth-order valence-electron chi connectivity index (χ4n) is 5.88. The van der Waals surface area contributed by atoms with Gasteiger partial charge in [-0.05, 0) is 44.9 Å². The lowest BCUT2D eigenvalue weighted by Gasteiger charge is -2.19. The van der Waals surface area contributed by atoms with Crippen molar-refractivity contribution in [3.63, 3.8) is 0 Å². The van der Waals surface area contributed by atoms with Crippen molar-refractivity contribution in [1.29, 1.82) is 0 Å². The van der Waals surface area contributed by atoms with Crippen LogP contribution in [0.4, 0.5) is 0 Å². The zero-order valence-electron chi connectivity index (χ0n) is 34.0. The fourth-order valence-corrected chi connectivity index (χ4v) is 6.65. The Morgan fingerprint density at radius 3 is 1.55 bits per heavy atom. The Bertz CT molecular complexity index is 970. The third-order valence-corrected chi connectivity index (χ3v) is 10.0. The van der Waals surface area contributed by atoms with Gasteiger partial charge >= 0.3 is 19.8 Å². The van der Waals surface area contributed by atoms with Gasteiger partial charge in [0.2, 0.25) is 0 Å². The molecule has 3 N–H and O–H groups in total. The molecular formula is C43H80NO8P. The highest BCUT2D eigenvalue weighted by Gasteiger charge is 2.26. The number of nitrogens with two attached hydrogens (primary N) is 1. The molecular weight excluding hydrogens is 689 g/mol. The number of phosphoric ester groups is 1. The molecule has 0 fully saturated rings. The van der Waals surface area contributed by atoms with E-state index in [0.717, 1.165) is 64.2 Å². The first-order valence-corrected chi connectivity index (χ1v) is 23.0. The van der Waals surface area contributed by atoms with Crippen LogP contribution in [-0.4, -0.2) is 49.3 Å². The number of rotatable bonds is 40. The van der Waals surface area contributed by atoms with Crippen molar-refractivity contribution < 1.29 is 37.6 Å². The van der Waals surface area contributed by atoms with Crippen molar-refractivity contribution >= 4 is 19.8 Å². The molecule has 1 unspecified atom stereocenters. The highest BCUT2D eigenvalue weighted by molar-refractivity contribution is 7.47. The van der Waals surface area contributed by atoms with Gasteiger partial charge in [-0.3, -0.25) is 18.6 Å². The van der Waals surface area contributed by atoms with E-state index in [2.05, 4.69) is 50.3 Å². The van der Waals surface area contributed by atoms with Crippen molar-refractivity contribution in [2.24, 2.45) is 5.73 Å². The molecule has 0 aliphatic rings. The number of carbonyl (C=O) groups is 2. The van der Waals surface area contributed by atoms with Crippen LogP contribution in [0.2, 0.25) is 0 Å². The summed E-state index contributed by atoms with van der Waals surface area (Å²) in [6.45, 7) is 3.61. The quantitative estimate of drug-likeness (QED) is 0.0270. The lowest BCUT2D eigenvalue weighted by molar-refractivity contribution is -0.161. The van der Waals surface area contributed by atoms with Crippen LogP contribution in [0.1, 0.15) is 194 Å². The molecule has 0 saturated carbocycles. The Morgan fingerprint density at radius 1 is 0.585 bits per heavy atom. The fraction of sp³-hybridized carbons (Fsp3) is 0.814. The molecule has 0 heterocycles. The lowest BCUT2D eigenvalue weighted by atomic mass is 10.0. The summed E-state index contributed by atoms with van der Waals surface area (Å²) in [4.78, 5) is 34.8. The summed E-state index contributed by atoms with van der Waals surface area (Å²) >= 11 is 0. The van der Waals surface area contributed by atoms with Crippen LogP contribution in [0.5, 0.6) is 0 Å². The Morgan fingerprint density at radius 2 is 1.04 bits per heavy atom. The first-order valence-electron chi connectivity index (χ1n) is 21.5. The zero-order valence-corrected chi connectivity index (χ0v) is 34.9. The van der Waals surface area contributed by atoms with Gasteiger partial charge in [0.25, 0.3) is 0 Å². The average Bonchev–Trinajstić information content (AvgIpc) is 3.14. The predicted molar refractivity (Wildman–Crippen MR) is 220 cm³/mol. The third-order valence-electron chi connectivity index (χ3n) is 9.04. The van der Waals surface area contributed by atoms with Gasteiger partial charge in [-0.2, -0.15) is 0 Å². The van der Waals surface area contributed by atoms with E-state index in [0.29, 0.717) is 12.8 Å².